The molecule has 1 N–H and O–H groups in total. The molecule has 0 fully saturated rings. The standard InChI is InChI=1S/C21H24NO.BrH/c1-4-22(3,5-2)16-10-15-21(23)19-13-8-6-11-17(19)18-12-7-9-14-20(18)21;/h6-9,11-14,23H,4-5,16H2,1-3H3;1H/q+1;/p-1. The number of benzene rings is 2. The van der Waals surface area contributed by atoms with E-state index in [1.54, 1.807) is 0 Å². The molecular weight excluding hydrogens is 362 g/mol. The average Bonchev–Trinajstić information content (AvgIpc) is 2.85. The smallest absolute Gasteiger partial charge is 0.178 e. The van der Waals surface area contributed by atoms with Crippen LogP contribution in [0, 0.1) is 11.8 Å². The van der Waals surface area contributed by atoms with Gasteiger partial charge in [0.1, 0.15) is 6.54 Å². The summed E-state index contributed by atoms with van der Waals surface area (Å²) in [5.74, 6) is 6.45. The van der Waals surface area contributed by atoms with Crippen LogP contribution in [0.4, 0.5) is 0 Å². The molecule has 0 unspecified atom stereocenters. The summed E-state index contributed by atoms with van der Waals surface area (Å²) in [5.41, 5.74) is 2.78. The molecule has 0 saturated carbocycles. The molecule has 0 radical (unpaired) electrons. The van der Waals surface area contributed by atoms with Crippen LogP contribution in [0.3, 0.4) is 0 Å². The van der Waals surface area contributed by atoms with E-state index < -0.39 is 5.60 Å². The van der Waals surface area contributed by atoms with Gasteiger partial charge in [-0.15, -0.1) is 0 Å². The van der Waals surface area contributed by atoms with Crippen molar-refractivity contribution in [1.82, 2.24) is 0 Å². The fourth-order valence-electron chi connectivity index (χ4n) is 3.15. The fraction of sp³-hybridized carbons (Fsp3) is 0.333. The average molecular weight is 386 g/mol. The van der Waals surface area contributed by atoms with Gasteiger partial charge in [-0.2, -0.15) is 0 Å². The molecule has 0 aliphatic heterocycles. The maximum absolute atomic E-state index is 11.4. The molecule has 0 heterocycles. The second-order valence-corrected chi connectivity index (χ2v) is 6.51. The van der Waals surface area contributed by atoms with Crippen molar-refractivity contribution in [1.29, 1.82) is 0 Å². The lowest BCUT2D eigenvalue weighted by Gasteiger charge is -2.29. The Morgan fingerprint density at radius 3 is 1.83 bits per heavy atom. The molecule has 3 rings (SSSR count). The summed E-state index contributed by atoms with van der Waals surface area (Å²) in [4.78, 5) is 0. The Kier molecular flexibility index (Phi) is 5.55. The normalized spacial score (nSPS) is 14.0. The molecule has 126 valence electrons. The van der Waals surface area contributed by atoms with Gasteiger partial charge in [0.2, 0.25) is 0 Å². The van der Waals surface area contributed by atoms with Crippen LogP contribution in [0.2, 0.25) is 0 Å². The molecule has 3 heteroatoms. The van der Waals surface area contributed by atoms with Crippen LogP contribution in [0.5, 0.6) is 0 Å². The molecule has 0 amide bonds. The predicted octanol–water partition coefficient (Wildman–Crippen LogP) is 0.397. The third-order valence-electron chi connectivity index (χ3n) is 5.18. The Hall–Kier alpha value is -1.60. The number of nitrogens with zero attached hydrogens (tertiary/aromatic N) is 1. The summed E-state index contributed by atoms with van der Waals surface area (Å²) in [6, 6.07) is 16.0. The van der Waals surface area contributed by atoms with Gasteiger partial charge < -0.3 is 26.6 Å². The lowest BCUT2D eigenvalue weighted by atomic mass is 9.92. The Bertz CT molecular complexity index is 738. The third-order valence-corrected chi connectivity index (χ3v) is 5.18. The molecule has 2 nitrogen and oxygen atoms in total. The van der Waals surface area contributed by atoms with Gasteiger partial charge >= 0.3 is 0 Å². The highest BCUT2D eigenvalue weighted by Crippen LogP contribution is 2.46. The minimum absolute atomic E-state index is 0. The van der Waals surface area contributed by atoms with Crippen LogP contribution in [0.25, 0.3) is 11.1 Å². The Balaban J connectivity index is 0.00000208. The van der Waals surface area contributed by atoms with E-state index in [1.165, 1.54) is 0 Å². The van der Waals surface area contributed by atoms with Crippen LogP contribution >= 0.6 is 0 Å². The molecule has 0 atom stereocenters. The predicted molar refractivity (Wildman–Crippen MR) is 94.8 cm³/mol. The van der Waals surface area contributed by atoms with E-state index in [0.29, 0.717) is 0 Å². The zero-order valence-corrected chi connectivity index (χ0v) is 16.1. The fourth-order valence-corrected chi connectivity index (χ4v) is 3.15. The first-order valence-corrected chi connectivity index (χ1v) is 8.29. The van der Waals surface area contributed by atoms with Crippen molar-refractivity contribution >= 4 is 0 Å². The molecule has 0 aromatic heterocycles. The second kappa shape index (κ2) is 7.11. The van der Waals surface area contributed by atoms with Crippen LogP contribution < -0.4 is 17.0 Å². The quantitative estimate of drug-likeness (QED) is 0.598. The van der Waals surface area contributed by atoms with Crippen molar-refractivity contribution in [3.8, 4) is 23.0 Å². The monoisotopic (exact) mass is 385 g/mol. The van der Waals surface area contributed by atoms with Crippen LogP contribution in [0.1, 0.15) is 25.0 Å². The number of hydrogen-bond donors (Lipinski definition) is 1. The molecule has 0 bridgehead atoms. The minimum Gasteiger partial charge on any atom is -1.00 e. The number of hydrogen-bond acceptors (Lipinski definition) is 1. The number of fused-ring (bicyclic) bond motifs is 3. The molecule has 2 aromatic carbocycles. The summed E-state index contributed by atoms with van der Waals surface area (Å²) in [6.07, 6.45) is 0. The van der Waals surface area contributed by atoms with Crippen molar-refractivity contribution in [3.63, 3.8) is 0 Å². The highest BCUT2D eigenvalue weighted by Gasteiger charge is 2.40. The van der Waals surface area contributed by atoms with Gasteiger partial charge in [0.15, 0.2) is 5.60 Å². The van der Waals surface area contributed by atoms with E-state index in [2.05, 4.69) is 44.9 Å². The largest absolute Gasteiger partial charge is 1.00 e. The summed E-state index contributed by atoms with van der Waals surface area (Å²) in [7, 11) is 2.20. The van der Waals surface area contributed by atoms with Gasteiger partial charge in [-0.25, -0.2) is 0 Å². The summed E-state index contributed by atoms with van der Waals surface area (Å²) >= 11 is 0. The molecule has 0 saturated heterocycles. The van der Waals surface area contributed by atoms with E-state index in [4.69, 9.17) is 0 Å². The molecule has 0 spiro atoms. The highest BCUT2D eigenvalue weighted by atomic mass is 79.9. The van der Waals surface area contributed by atoms with Gasteiger partial charge in [0.25, 0.3) is 0 Å². The number of rotatable bonds is 3. The van der Waals surface area contributed by atoms with E-state index in [9.17, 15) is 5.11 Å². The van der Waals surface area contributed by atoms with Gasteiger partial charge in [-0.3, -0.25) is 0 Å². The van der Waals surface area contributed by atoms with Crippen molar-refractivity contribution in [2.45, 2.75) is 19.4 Å². The number of quaternary nitrogens is 1. The molecular formula is C21H24BrNO. The first-order chi connectivity index (χ1) is 11.0. The SMILES string of the molecule is CC[N+](C)(CC)CC#CC1(O)c2ccccc2-c2ccccc21.[Br-]. The number of halogens is 1. The van der Waals surface area contributed by atoms with Crippen LogP contribution in [-0.4, -0.2) is 36.3 Å². The van der Waals surface area contributed by atoms with Crippen LogP contribution in [-0.2, 0) is 5.60 Å². The van der Waals surface area contributed by atoms with Crippen molar-refractivity contribution in [2.75, 3.05) is 26.7 Å². The highest BCUT2D eigenvalue weighted by molar-refractivity contribution is 5.81. The summed E-state index contributed by atoms with van der Waals surface area (Å²) < 4.78 is 0.895. The molecule has 24 heavy (non-hydrogen) atoms. The van der Waals surface area contributed by atoms with Crippen molar-refractivity contribution < 1.29 is 26.6 Å². The second-order valence-electron chi connectivity index (χ2n) is 6.51. The van der Waals surface area contributed by atoms with Crippen molar-refractivity contribution in [2.24, 2.45) is 0 Å². The van der Waals surface area contributed by atoms with Gasteiger partial charge in [-0.1, -0.05) is 54.5 Å². The summed E-state index contributed by atoms with van der Waals surface area (Å²) in [5, 5.41) is 11.4. The topological polar surface area (TPSA) is 20.2 Å². The molecule has 1 aliphatic rings. The first kappa shape index (κ1) is 18.7. The van der Waals surface area contributed by atoms with E-state index >= 15 is 0 Å². The first-order valence-electron chi connectivity index (χ1n) is 8.29. The van der Waals surface area contributed by atoms with Crippen molar-refractivity contribution in [3.05, 3.63) is 59.7 Å². The van der Waals surface area contributed by atoms with E-state index in [-0.39, 0.29) is 17.0 Å². The number of aliphatic hydroxyl groups is 1. The Morgan fingerprint density at radius 2 is 1.38 bits per heavy atom. The third kappa shape index (κ3) is 3.02. The molecule has 1 aliphatic carbocycles. The molecule has 2 aromatic rings. The maximum Gasteiger partial charge on any atom is 0.178 e. The minimum atomic E-state index is -1.19. The van der Waals surface area contributed by atoms with Gasteiger partial charge in [0, 0.05) is 11.1 Å². The van der Waals surface area contributed by atoms with E-state index in [0.717, 1.165) is 46.4 Å². The van der Waals surface area contributed by atoms with Gasteiger partial charge in [-0.05, 0) is 30.9 Å². The Morgan fingerprint density at radius 1 is 0.917 bits per heavy atom. The lowest BCUT2D eigenvalue weighted by molar-refractivity contribution is -0.899. The zero-order chi connectivity index (χ0) is 16.5. The maximum atomic E-state index is 11.4. The van der Waals surface area contributed by atoms with Gasteiger partial charge in [0.05, 0.1) is 20.1 Å². The Labute approximate surface area is 155 Å². The van der Waals surface area contributed by atoms with Crippen LogP contribution in [0.15, 0.2) is 48.5 Å². The summed E-state index contributed by atoms with van der Waals surface area (Å²) in [6.45, 7) is 7.19. The van der Waals surface area contributed by atoms with E-state index in [1.807, 2.05) is 36.4 Å². The zero-order valence-electron chi connectivity index (χ0n) is 14.5. The lowest BCUT2D eigenvalue weighted by Crippen LogP contribution is -3.00.